The van der Waals surface area contributed by atoms with E-state index in [1.54, 1.807) is 0 Å². The highest BCUT2D eigenvalue weighted by atomic mass is 16.5. The molecule has 1 fully saturated rings. The van der Waals surface area contributed by atoms with Crippen molar-refractivity contribution in [2.45, 2.75) is 51.2 Å². The van der Waals surface area contributed by atoms with Gasteiger partial charge in [0.15, 0.2) is 0 Å². The summed E-state index contributed by atoms with van der Waals surface area (Å²) in [6.07, 6.45) is 5.49. The number of carboxylic acids is 1. The van der Waals surface area contributed by atoms with E-state index >= 15 is 0 Å². The average molecular weight is 229 g/mol. The maximum absolute atomic E-state index is 10.9. The van der Waals surface area contributed by atoms with Gasteiger partial charge in [0.05, 0.1) is 6.10 Å². The zero-order valence-electron chi connectivity index (χ0n) is 10.3. The van der Waals surface area contributed by atoms with Crippen molar-refractivity contribution in [2.75, 3.05) is 20.2 Å². The molecule has 0 spiro atoms. The number of carbonyl (C=O) groups is 1. The van der Waals surface area contributed by atoms with Crippen LogP contribution in [-0.2, 0) is 9.53 Å². The Morgan fingerprint density at radius 2 is 2.38 bits per heavy atom. The maximum Gasteiger partial charge on any atom is 0.320 e. The van der Waals surface area contributed by atoms with Crippen molar-refractivity contribution >= 4 is 5.97 Å². The topological polar surface area (TPSA) is 49.8 Å². The molecule has 4 heteroatoms. The van der Waals surface area contributed by atoms with Gasteiger partial charge in [0.2, 0.25) is 0 Å². The van der Waals surface area contributed by atoms with Crippen molar-refractivity contribution < 1.29 is 14.6 Å². The quantitative estimate of drug-likeness (QED) is 0.722. The van der Waals surface area contributed by atoms with Gasteiger partial charge in [-0.25, -0.2) is 0 Å². The zero-order valence-corrected chi connectivity index (χ0v) is 10.3. The molecule has 0 radical (unpaired) electrons. The van der Waals surface area contributed by atoms with Crippen molar-refractivity contribution in [1.29, 1.82) is 0 Å². The van der Waals surface area contributed by atoms with Gasteiger partial charge >= 0.3 is 5.97 Å². The molecule has 1 aliphatic heterocycles. The normalized spacial score (nSPS) is 22.6. The van der Waals surface area contributed by atoms with Gasteiger partial charge in [0.25, 0.3) is 0 Å². The molecule has 1 saturated heterocycles. The van der Waals surface area contributed by atoms with Gasteiger partial charge in [0, 0.05) is 6.61 Å². The molecule has 0 saturated carbocycles. The second-order valence-electron chi connectivity index (χ2n) is 4.52. The van der Waals surface area contributed by atoms with Gasteiger partial charge in [-0.1, -0.05) is 6.92 Å². The van der Waals surface area contributed by atoms with Crippen LogP contribution in [-0.4, -0.2) is 48.3 Å². The van der Waals surface area contributed by atoms with Crippen LogP contribution in [0, 0.1) is 0 Å². The molecule has 94 valence electrons. The Morgan fingerprint density at radius 1 is 1.62 bits per heavy atom. The SMILES string of the molecule is CCC(C(=O)O)N(C)CCCC1CCCO1. The lowest BCUT2D eigenvalue weighted by Crippen LogP contribution is -2.38. The molecule has 2 atom stereocenters. The molecule has 1 N–H and O–H groups in total. The molecule has 1 heterocycles. The molecular weight excluding hydrogens is 206 g/mol. The average Bonchev–Trinajstić information content (AvgIpc) is 2.71. The lowest BCUT2D eigenvalue weighted by Gasteiger charge is -2.23. The first kappa shape index (κ1) is 13.5. The van der Waals surface area contributed by atoms with Crippen molar-refractivity contribution in [3.63, 3.8) is 0 Å². The Kier molecular flexibility index (Phi) is 5.77. The summed E-state index contributed by atoms with van der Waals surface area (Å²) in [5.41, 5.74) is 0. The van der Waals surface area contributed by atoms with Crippen LogP contribution in [0.25, 0.3) is 0 Å². The minimum absolute atomic E-state index is 0.343. The third kappa shape index (κ3) is 4.10. The highest BCUT2D eigenvalue weighted by Gasteiger charge is 2.21. The van der Waals surface area contributed by atoms with Crippen molar-refractivity contribution in [1.82, 2.24) is 4.90 Å². The summed E-state index contributed by atoms with van der Waals surface area (Å²) in [4.78, 5) is 12.9. The van der Waals surface area contributed by atoms with E-state index in [0.717, 1.165) is 26.0 Å². The maximum atomic E-state index is 10.9. The number of ether oxygens (including phenoxy) is 1. The molecular formula is C12H23NO3. The summed E-state index contributed by atoms with van der Waals surface area (Å²) >= 11 is 0. The molecule has 1 aliphatic rings. The molecule has 1 rings (SSSR count). The molecule has 0 aliphatic carbocycles. The predicted molar refractivity (Wildman–Crippen MR) is 62.6 cm³/mol. The largest absolute Gasteiger partial charge is 0.480 e. The number of hydrogen-bond donors (Lipinski definition) is 1. The Balaban J connectivity index is 2.17. The van der Waals surface area contributed by atoms with Crippen molar-refractivity contribution in [2.24, 2.45) is 0 Å². The standard InChI is InChI=1S/C12H23NO3/c1-3-11(12(14)15)13(2)8-4-6-10-7-5-9-16-10/h10-11H,3-9H2,1-2H3,(H,14,15). The van der Waals surface area contributed by atoms with E-state index < -0.39 is 5.97 Å². The number of likely N-dealkylation sites (N-methyl/N-ethyl adjacent to an activating group) is 1. The Bertz CT molecular complexity index is 214. The Morgan fingerprint density at radius 3 is 2.88 bits per heavy atom. The minimum atomic E-state index is -0.720. The summed E-state index contributed by atoms with van der Waals surface area (Å²) in [5.74, 6) is -0.720. The van der Waals surface area contributed by atoms with E-state index in [9.17, 15) is 4.79 Å². The third-order valence-electron chi connectivity index (χ3n) is 3.26. The summed E-state index contributed by atoms with van der Waals surface area (Å²) in [6, 6.07) is -0.343. The van der Waals surface area contributed by atoms with Crippen LogP contribution >= 0.6 is 0 Å². The molecule has 16 heavy (non-hydrogen) atoms. The monoisotopic (exact) mass is 229 g/mol. The van der Waals surface area contributed by atoms with E-state index in [-0.39, 0.29) is 6.04 Å². The Hall–Kier alpha value is -0.610. The fourth-order valence-electron chi connectivity index (χ4n) is 2.27. The fraction of sp³-hybridized carbons (Fsp3) is 0.917. The fourth-order valence-corrected chi connectivity index (χ4v) is 2.27. The molecule has 2 unspecified atom stereocenters. The first-order chi connectivity index (χ1) is 7.65. The van der Waals surface area contributed by atoms with Gasteiger partial charge in [-0.2, -0.15) is 0 Å². The van der Waals surface area contributed by atoms with Crippen molar-refractivity contribution in [3.05, 3.63) is 0 Å². The first-order valence-corrected chi connectivity index (χ1v) is 6.19. The van der Waals surface area contributed by atoms with E-state index in [0.29, 0.717) is 12.5 Å². The highest BCUT2D eigenvalue weighted by Crippen LogP contribution is 2.17. The third-order valence-corrected chi connectivity index (χ3v) is 3.26. The van der Waals surface area contributed by atoms with Crippen LogP contribution in [0.3, 0.4) is 0 Å². The summed E-state index contributed by atoms with van der Waals surface area (Å²) < 4.78 is 5.53. The zero-order chi connectivity index (χ0) is 12.0. The number of hydrogen-bond acceptors (Lipinski definition) is 3. The van der Waals surface area contributed by atoms with Gasteiger partial charge in [-0.3, -0.25) is 9.69 Å². The summed E-state index contributed by atoms with van der Waals surface area (Å²) in [6.45, 7) is 3.65. The first-order valence-electron chi connectivity index (χ1n) is 6.19. The molecule has 0 aromatic heterocycles. The van der Waals surface area contributed by atoms with Crippen LogP contribution in [0.1, 0.15) is 39.0 Å². The van der Waals surface area contributed by atoms with Gasteiger partial charge in [0.1, 0.15) is 6.04 Å². The Labute approximate surface area is 97.6 Å². The van der Waals surface area contributed by atoms with E-state index in [1.165, 1.54) is 12.8 Å². The molecule has 0 bridgehead atoms. The molecule has 0 amide bonds. The number of rotatable bonds is 7. The van der Waals surface area contributed by atoms with Crippen molar-refractivity contribution in [3.8, 4) is 0 Å². The van der Waals surface area contributed by atoms with Crippen LogP contribution in [0.4, 0.5) is 0 Å². The van der Waals surface area contributed by atoms with Gasteiger partial charge in [-0.05, 0) is 45.7 Å². The number of carboxylic acid groups (broad SMARTS) is 1. The summed E-state index contributed by atoms with van der Waals surface area (Å²) in [7, 11) is 1.89. The summed E-state index contributed by atoms with van der Waals surface area (Å²) in [5, 5.41) is 8.99. The molecule has 4 nitrogen and oxygen atoms in total. The van der Waals surface area contributed by atoms with E-state index in [4.69, 9.17) is 9.84 Å². The second-order valence-corrected chi connectivity index (χ2v) is 4.52. The van der Waals surface area contributed by atoms with Crippen LogP contribution < -0.4 is 0 Å². The van der Waals surface area contributed by atoms with Gasteiger partial charge in [-0.15, -0.1) is 0 Å². The molecule has 0 aromatic carbocycles. The molecule has 0 aromatic rings. The van der Waals surface area contributed by atoms with E-state index in [1.807, 2.05) is 18.9 Å². The number of nitrogens with zero attached hydrogens (tertiary/aromatic N) is 1. The van der Waals surface area contributed by atoms with Crippen LogP contribution in [0.15, 0.2) is 0 Å². The van der Waals surface area contributed by atoms with Gasteiger partial charge < -0.3 is 9.84 Å². The lowest BCUT2D eigenvalue weighted by atomic mass is 10.1. The van der Waals surface area contributed by atoms with E-state index in [2.05, 4.69) is 0 Å². The van der Waals surface area contributed by atoms with Crippen LogP contribution in [0.2, 0.25) is 0 Å². The minimum Gasteiger partial charge on any atom is -0.480 e. The predicted octanol–water partition coefficient (Wildman–Crippen LogP) is 1.74. The highest BCUT2D eigenvalue weighted by molar-refractivity contribution is 5.73. The smallest absolute Gasteiger partial charge is 0.320 e. The van der Waals surface area contributed by atoms with Crippen LogP contribution in [0.5, 0.6) is 0 Å². The lowest BCUT2D eigenvalue weighted by molar-refractivity contribution is -0.142. The number of aliphatic carboxylic acids is 1. The second kappa shape index (κ2) is 6.86.